The van der Waals surface area contributed by atoms with Crippen LogP contribution in [0.1, 0.15) is 18.9 Å². The van der Waals surface area contributed by atoms with E-state index >= 15 is 0 Å². The molecule has 2 nitrogen and oxygen atoms in total. The van der Waals surface area contributed by atoms with Crippen molar-refractivity contribution < 1.29 is 4.74 Å². The van der Waals surface area contributed by atoms with Crippen molar-refractivity contribution in [2.24, 2.45) is 5.73 Å². The molecule has 2 rings (SSSR count). The molecule has 0 radical (unpaired) electrons. The predicted molar refractivity (Wildman–Crippen MR) is 67.1 cm³/mol. The molecule has 0 spiro atoms. The molecular weight excluding hydrogens is 245 g/mol. The quantitative estimate of drug-likeness (QED) is 0.887. The average molecular weight is 260 g/mol. The second-order valence-corrected chi connectivity index (χ2v) is 5.25. The van der Waals surface area contributed by atoms with Crippen LogP contribution in [0.2, 0.25) is 10.0 Å². The van der Waals surface area contributed by atoms with Crippen LogP contribution in [0.15, 0.2) is 18.2 Å². The first-order chi connectivity index (χ1) is 7.51. The summed E-state index contributed by atoms with van der Waals surface area (Å²) >= 11 is 12.1. The molecule has 88 valence electrons. The Morgan fingerprint density at radius 2 is 2.25 bits per heavy atom. The summed E-state index contributed by atoms with van der Waals surface area (Å²) < 4.78 is 5.51. The first-order valence-electron chi connectivity index (χ1n) is 5.36. The van der Waals surface area contributed by atoms with Crippen molar-refractivity contribution in [2.45, 2.75) is 31.4 Å². The number of ether oxygens (including phenoxy) is 1. The lowest BCUT2D eigenvalue weighted by molar-refractivity contribution is 0.0955. The first kappa shape index (κ1) is 12.2. The van der Waals surface area contributed by atoms with Crippen molar-refractivity contribution in [3.05, 3.63) is 33.8 Å². The molecule has 2 unspecified atom stereocenters. The van der Waals surface area contributed by atoms with Crippen molar-refractivity contribution >= 4 is 23.2 Å². The summed E-state index contributed by atoms with van der Waals surface area (Å²) in [5.74, 6) is 0. The van der Waals surface area contributed by atoms with Crippen LogP contribution in [0, 0.1) is 0 Å². The molecule has 0 bridgehead atoms. The zero-order valence-corrected chi connectivity index (χ0v) is 10.7. The molecular formula is C12H15Cl2NO. The summed E-state index contributed by atoms with van der Waals surface area (Å²) in [6.07, 6.45) is 1.62. The topological polar surface area (TPSA) is 35.2 Å². The van der Waals surface area contributed by atoms with Gasteiger partial charge < -0.3 is 10.5 Å². The molecule has 16 heavy (non-hydrogen) atoms. The summed E-state index contributed by atoms with van der Waals surface area (Å²) in [7, 11) is 0. The third-order valence-corrected chi connectivity index (χ3v) is 3.88. The van der Waals surface area contributed by atoms with Crippen molar-refractivity contribution in [3.63, 3.8) is 0 Å². The van der Waals surface area contributed by atoms with E-state index in [4.69, 9.17) is 33.7 Å². The standard InChI is InChI=1S/C12H15Cl2NO/c1-8-12(15,4-5-16-8)7-9-6-10(13)2-3-11(9)14/h2-3,6,8H,4-5,7,15H2,1H3. The first-order valence-corrected chi connectivity index (χ1v) is 6.11. The number of hydrogen-bond donors (Lipinski definition) is 1. The van der Waals surface area contributed by atoms with Crippen LogP contribution >= 0.6 is 23.2 Å². The molecule has 2 atom stereocenters. The Kier molecular flexibility index (Phi) is 3.45. The Morgan fingerprint density at radius 1 is 1.50 bits per heavy atom. The normalized spacial score (nSPS) is 29.6. The lowest BCUT2D eigenvalue weighted by Gasteiger charge is -2.27. The second-order valence-electron chi connectivity index (χ2n) is 4.41. The summed E-state index contributed by atoms with van der Waals surface area (Å²) in [4.78, 5) is 0. The van der Waals surface area contributed by atoms with E-state index in [1.165, 1.54) is 0 Å². The largest absolute Gasteiger partial charge is 0.377 e. The van der Waals surface area contributed by atoms with Gasteiger partial charge in [0, 0.05) is 22.2 Å². The van der Waals surface area contributed by atoms with Gasteiger partial charge in [0.05, 0.1) is 6.10 Å². The van der Waals surface area contributed by atoms with Gasteiger partial charge >= 0.3 is 0 Å². The molecule has 0 aliphatic carbocycles. The maximum Gasteiger partial charge on any atom is 0.0730 e. The highest BCUT2D eigenvalue weighted by Crippen LogP contribution is 2.30. The molecule has 1 aromatic carbocycles. The summed E-state index contributed by atoms with van der Waals surface area (Å²) in [6.45, 7) is 2.72. The predicted octanol–water partition coefficient (Wildman–Crippen LogP) is 3.04. The number of hydrogen-bond acceptors (Lipinski definition) is 2. The number of nitrogens with two attached hydrogens (primary N) is 1. The van der Waals surface area contributed by atoms with Gasteiger partial charge in [0.1, 0.15) is 0 Å². The molecule has 0 saturated carbocycles. The fourth-order valence-electron chi connectivity index (χ4n) is 2.06. The van der Waals surface area contributed by atoms with Gasteiger partial charge in [-0.1, -0.05) is 23.2 Å². The van der Waals surface area contributed by atoms with Gasteiger partial charge in [-0.2, -0.15) is 0 Å². The van der Waals surface area contributed by atoms with E-state index < -0.39 is 0 Å². The van der Waals surface area contributed by atoms with Gasteiger partial charge in [-0.25, -0.2) is 0 Å². The maximum atomic E-state index is 6.33. The molecule has 4 heteroatoms. The van der Waals surface area contributed by atoms with Gasteiger partial charge in [-0.3, -0.25) is 0 Å². The van der Waals surface area contributed by atoms with Crippen molar-refractivity contribution in [3.8, 4) is 0 Å². The third kappa shape index (κ3) is 2.35. The highest BCUT2D eigenvalue weighted by Gasteiger charge is 2.38. The van der Waals surface area contributed by atoms with Crippen molar-refractivity contribution in [2.75, 3.05) is 6.61 Å². The number of rotatable bonds is 2. The highest BCUT2D eigenvalue weighted by atomic mass is 35.5. The second kappa shape index (κ2) is 4.53. The van der Waals surface area contributed by atoms with E-state index in [1.54, 1.807) is 6.07 Å². The van der Waals surface area contributed by atoms with Crippen molar-refractivity contribution in [1.82, 2.24) is 0 Å². The van der Waals surface area contributed by atoms with Gasteiger partial charge in [0.2, 0.25) is 0 Å². The lowest BCUT2D eigenvalue weighted by atomic mass is 9.86. The minimum atomic E-state index is -0.325. The van der Waals surface area contributed by atoms with Crippen LogP contribution in [0.3, 0.4) is 0 Å². The number of halogens is 2. The van der Waals surface area contributed by atoms with E-state index in [0.29, 0.717) is 16.5 Å². The molecule has 1 aliphatic heterocycles. The van der Waals surface area contributed by atoms with Gasteiger partial charge in [0.15, 0.2) is 0 Å². The smallest absolute Gasteiger partial charge is 0.0730 e. The van der Waals surface area contributed by atoms with E-state index in [9.17, 15) is 0 Å². The van der Waals surface area contributed by atoms with Crippen LogP contribution in [0.25, 0.3) is 0 Å². The Balaban J connectivity index is 2.23. The minimum Gasteiger partial charge on any atom is -0.377 e. The molecule has 0 aromatic heterocycles. The van der Waals surface area contributed by atoms with Crippen molar-refractivity contribution in [1.29, 1.82) is 0 Å². The van der Waals surface area contributed by atoms with Crippen LogP contribution in [0.5, 0.6) is 0 Å². The summed E-state index contributed by atoms with van der Waals surface area (Å²) in [5.41, 5.74) is 7.00. The van der Waals surface area contributed by atoms with Gasteiger partial charge in [-0.15, -0.1) is 0 Å². The zero-order valence-electron chi connectivity index (χ0n) is 9.17. The SMILES string of the molecule is CC1OCCC1(N)Cc1cc(Cl)ccc1Cl. The number of benzene rings is 1. The van der Waals surface area contributed by atoms with E-state index in [-0.39, 0.29) is 11.6 Å². The molecule has 2 N–H and O–H groups in total. The zero-order chi connectivity index (χ0) is 11.8. The fraction of sp³-hybridized carbons (Fsp3) is 0.500. The van der Waals surface area contributed by atoms with E-state index in [2.05, 4.69) is 0 Å². The monoisotopic (exact) mass is 259 g/mol. The lowest BCUT2D eigenvalue weighted by Crippen LogP contribution is -2.48. The summed E-state index contributed by atoms with van der Waals surface area (Å²) in [5, 5.41) is 1.41. The molecule has 0 amide bonds. The van der Waals surface area contributed by atoms with Crippen LogP contribution in [-0.2, 0) is 11.2 Å². The Hall–Kier alpha value is -0.280. The highest BCUT2D eigenvalue weighted by molar-refractivity contribution is 6.33. The Morgan fingerprint density at radius 3 is 2.88 bits per heavy atom. The molecule has 1 aromatic rings. The maximum absolute atomic E-state index is 6.33. The van der Waals surface area contributed by atoms with Gasteiger partial charge in [0.25, 0.3) is 0 Å². The van der Waals surface area contributed by atoms with Crippen LogP contribution in [0.4, 0.5) is 0 Å². The van der Waals surface area contributed by atoms with Crippen LogP contribution in [-0.4, -0.2) is 18.2 Å². The molecule has 1 saturated heterocycles. The fourth-order valence-corrected chi connectivity index (χ4v) is 2.44. The van der Waals surface area contributed by atoms with Gasteiger partial charge in [-0.05, 0) is 43.5 Å². The molecule has 1 fully saturated rings. The molecule has 1 aliphatic rings. The summed E-state index contributed by atoms with van der Waals surface area (Å²) in [6, 6.07) is 5.47. The minimum absolute atomic E-state index is 0.0579. The Labute approximate surface area is 106 Å². The van der Waals surface area contributed by atoms with Crippen LogP contribution < -0.4 is 5.73 Å². The van der Waals surface area contributed by atoms with E-state index in [0.717, 1.165) is 18.6 Å². The van der Waals surface area contributed by atoms with E-state index in [1.807, 2.05) is 19.1 Å². The Bertz CT molecular complexity index is 397. The molecule has 1 heterocycles. The third-order valence-electron chi connectivity index (χ3n) is 3.27. The average Bonchev–Trinajstić information content (AvgIpc) is 2.53.